The van der Waals surface area contributed by atoms with Gasteiger partial charge in [0.05, 0.1) is 11.8 Å². The van der Waals surface area contributed by atoms with Crippen LogP contribution in [-0.4, -0.2) is 55.4 Å². The Hall–Kier alpha value is -2.68. The SMILES string of the molecule is COC(C(=O)C1CCCS1(=O)=O)C(Cc1ccccc1)NC(=O)c1cc2cc(Cl)ccc2[nH]1. The Balaban J connectivity index is 1.63. The maximum Gasteiger partial charge on any atom is 0.268 e. The minimum atomic E-state index is -3.51. The molecule has 7 nitrogen and oxygen atoms in total. The van der Waals surface area contributed by atoms with Gasteiger partial charge in [0.1, 0.15) is 17.0 Å². The van der Waals surface area contributed by atoms with E-state index >= 15 is 0 Å². The summed E-state index contributed by atoms with van der Waals surface area (Å²) in [6.45, 7) is 0. The van der Waals surface area contributed by atoms with Gasteiger partial charge in [0.15, 0.2) is 15.6 Å². The number of H-pyrrole nitrogens is 1. The lowest BCUT2D eigenvalue weighted by molar-refractivity contribution is -0.129. The fourth-order valence-electron chi connectivity index (χ4n) is 4.35. The number of ketones is 1. The molecule has 33 heavy (non-hydrogen) atoms. The van der Waals surface area contributed by atoms with Crippen LogP contribution >= 0.6 is 11.6 Å². The van der Waals surface area contributed by atoms with Crippen LogP contribution in [0.15, 0.2) is 54.6 Å². The van der Waals surface area contributed by atoms with Crippen molar-refractivity contribution >= 4 is 44.0 Å². The number of carbonyl (C=O) groups is 2. The molecule has 1 aromatic heterocycles. The minimum Gasteiger partial charge on any atom is -0.371 e. The molecule has 2 N–H and O–H groups in total. The Morgan fingerprint density at radius 3 is 2.61 bits per heavy atom. The molecule has 2 heterocycles. The molecule has 0 saturated carbocycles. The molecule has 9 heteroatoms. The zero-order valence-corrected chi connectivity index (χ0v) is 19.7. The molecule has 3 atom stereocenters. The third-order valence-electron chi connectivity index (χ3n) is 5.99. The summed E-state index contributed by atoms with van der Waals surface area (Å²) < 4.78 is 30.3. The molecular weight excluding hydrogens is 464 g/mol. The first-order valence-electron chi connectivity index (χ1n) is 10.7. The maximum absolute atomic E-state index is 13.2. The number of ether oxygens (including phenoxy) is 1. The van der Waals surface area contributed by atoms with Gasteiger partial charge in [0.2, 0.25) is 0 Å². The van der Waals surface area contributed by atoms with Crippen molar-refractivity contribution in [3.05, 3.63) is 70.9 Å². The highest BCUT2D eigenvalue weighted by molar-refractivity contribution is 7.93. The summed E-state index contributed by atoms with van der Waals surface area (Å²) in [5.41, 5.74) is 1.94. The van der Waals surface area contributed by atoms with Crippen LogP contribution < -0.4 is 5.32 Å². The summed E-state index contributed by atoms with van der Waals surface area (Å²) in [5.74, 6) is -0.945. The Labute approximate surface area is 197 Å². The van der Waals surface area contributed by atoms with Gasteiger partial charge in [-0.3, -0.25) is 9.59 Å². The van der Waals surface area contributed by atoms with Crippen LogP contribution in [0.5, 0.6) is 0 Å². The number of hydrogen-bond donors (Lipinski definition) is 2. The predicted molar refractivity (Wildman–Crippen MR) is 127 cm³/mol. The molecule has 4 rings (SSSR count). The number of aromatic amines is 1. The van der Waals surface area contributed by atoms with Gasteiger partial charge in [0.25, 0.3) is 5.91 Å². The van der Waals surface area contributed by atoms with Crippen LogP contribution in [0.25, 0.3) is 10.9 Å². The van der Waals surface area contributed by atoms with E-state index in [9.17, 15) is 18.0 Å². The smallest absolute Gasteiger partial charge is 0.268 e. The number of sulfone groups is 1. The van der Waals surface area contributed by atoms with Crippen molar-refractivity contribution in [2.45, 2.75) is 36.7 Å². The third kappa shape index (κ3) is 5.13. The lowest BCUT2D eigenvalue weighted by atomic mass is 9.95. The third-order valence-corrected chi connectivity index (χ3v) is 8.42. The van der Waals surface area contributed by atoms with E-state index in [0.717, 1.165) is 16.5 Å². The predicted octanol–water partition coefficient (Wildman–Crippen LogP) is 3.32. The van der Waals surface area contributed by atoms with Crippen LogP contribution in [-0.2, 0) is 25.8 Å². The molecule has 0 radical (unpaired) electrons. The average molecular weight is 489 g/mol. The maximum atomic E-state index is 13.2. The first kappa shape index (κ1) is 23.5. The quantitative estimate of drug-likeness (QED) is 0.506. The zero-order valence-electron chi connectivity index (χ0n) is 18.1. The molecular formula is C24H25ClN2O5S. The first-order chi connectivity index (χ1) is 15.8. The molecule has 3 aromatic rings. The van der Waals surface area contributed by atoms with Gasteiger partial charge in [-0.2, -0.15) is 0 Å². The highest BCUT2D eigenvalue weighted by Crippen LogP contribution is 2.25. The Bertz CT molecular complexity index is 1270. The number of benzene rings is 2. The molecule has 0 bridgehead atoms. The van der Waals surface area contributed by atoms with Crippen molar-refractivity contribution in [1.82, 2.24) is 10.3 Å². The molecule has 2 aromatic carbocycles. The van der Waals surface area contributed by atoms with E-state index in [1.54, 1.807) is 24.3 Å². The largest absolute Gasteiger partial charge is 0.371 e. The number of amides is 1. The molecule has 174 valence electrons. The normalized spacial score (nSPS) is 19.3. The number of carbonyl (C=O) groups excluding carboxylic acids is 2. The Kier molecular flexibility index (Phi) is 6.88. The van der Waals surface area contributed by atoms with Crippen LogP contribution in [0.1, 0.15) is 28.9 Å². The summed E-state index contributed by atoms with van der Waals surface area (Å²) in [4.78, 5) is 29.4. The molecule has 1 aliphatic heterocycles. The average Bonchev–Trinajstić information content (AvgIpc) is 3.36. The van der Waals surface area contributed by atoms with Crippen LogP contribution in [0.2, 0.25) is 5.02 Å². The minimum absolute atomic E-state index is 0.00677. The topological polar surface area (TPSA) is 105 Å². The molecule has 0 spiro atoms. The number of nitrogens with one attached hydrogen (secondary N) is 2. The van der Waals surface area contributed by atoms with E-state index in [0.29, 0.717) is 23.6 Å². The van der Waals surface area contributed by atoms with E-state index < -0.39 is 38.9 Å². The number of halogens is 1. The van der Waals surface area contributed by atoms with Gasteiger partial charge in [-0.25, -0.2) is 8.42 Å². The molecule has 1 amide bonds. The number of methoxy groups -OCH3 is 1. The number of rotatable bonds is 8. The second kappa shape index (κ2) is 9.67. The summed E-state index contributed by atoms with van der Waals surface area (Å²) in [7, 11) is -2.15. The van der Waals surface area contributed by atoms with Gasteiger partial charge < -0.3 is 15.0 Å². The summed E-state index contributed by atoms with van der Waals surface area (Å²) >= 11 is 6.04. The Morgan fingerprint density at radius 1 is 1.18 bits per heavy atom. The van der Waals surface area contributed by atoms with E-state index in [1.807, 2.05) is 30.3 Å². The lowest BCUT2D eigenvalue weighted by Gasteiger charge is -2.27. The molecule has 1 saturated heterocycles. The zero-order chi connectivity index (χ0) is 23.6. The highest BCUT2D eigenvalue weighted by Gasteiger charge is 2.43. The first-order valence-corrected chi connectivity index (χ1v) is 12.8. The van der Waals surface area contributed by atoms with E-state index in [4.69, 9.17) is 16.3 Å². The molecule has 3 unspecified atom stereocenters. The molecule has 0 aliphatic carbocycles. The van der Waals surface area contributed by atoms with Crippen molar-refractivity contribution < 1.29 is 22.7 Å². The van der Waals surface area contributed by atoms with Crippen molar-refractivity contribution in [2.24, 2.45) is 0 Å². The number of Topliss-reactive ketones (excluding diaryl/α,β-unsaturated/α-hetero) is 1. The van der Waals surface area contributed by atoms with Gasteiger partial charge in [0, 0.05) is 23.0 Å². The van der Waals surface area contributed by atoms with Crippen LogP contribution in [0, 0.1) is 0 Å². The number of aromatic nitrogens is 1. The fraction of sp³-hybridized carbons (Fsp3) is 0.333. The van der Waals surface area contributed by atoms with Gasteiger partial charge >= 0.3 is 0 Å². The van der Waals surface area contributed by atoms with E-state index in [1.165, 1.54) is 7.11 Å². The molecule has 1 aliphatic rings. The summed E-state index contributed by atoms with van der Waals surface area (Å²) in [6, 6.07) is 15.5. The van der Waals surface area contributed by atoms with Gasteiger partial charge in [-0.1, -0.05) is 41.9 Å². The van der Waals surface area contributed by atoms with Gasteiger partial charge in [-0.15, -0.1) is 0 Å². The lowest BCUT2D eigenvalue weighted by Crippen LogP contribution is -2.52. The second-order valence-electron chi connectivity index (χ2n) is 8.24. The van der Waals surface area contributed by atoms with Crippen LogP contribution in [0.4, 0.5) is 0 Å². The molecule has 1 fully saturated rings. The second-order valence-corrected chi connectivity index (χ2v) is 11.0. The number of fused-ring (bicyclic) bond motifs is 1. The fourth-order valence-corrected chi connectivity index (χ4v) is 6.39. The van der Waals surface area contributed by atoms with Crippen molar-refractivity contribution in [3.63, 3.8) is 0 Å². The van der Waals surface area contributed by atoms with E-state index in [-0.39, 0.29) is 12.2 Å². The van der Waals surface area contributed by atoms with Crippen molar-refractivity contribution in [1.29, 1.82) is 0 Å². The highest BCUT2D eigenvalue weighted by atomic mass is 35.5. The van der Waals surface area contributed by atoms with Crippen molar-refractivity contribution in [2.75, 3.05) is 12.9 Å². The summed E-state index contributed by atoms with van der Waals surface area (Å²) in [6.07, 6.45) is -0.0839. The number of hydrogen-bond acceptors (Lipinski definition) is 5. The van der Waals surface area contributed by atoms with Gasteiger partial charge in [-0.05, 0) is 49.1 Å². The monoisotopic (exact) mass is 488 g/mol. The Morgan fingerprint density at radius 2 is 1.94 bits per heavy atom. The van der Waals surface area contributed by atoms with E-state index in [2.05, 4.69) is 10.3 Å². The summed E-state index contributed by atoms with van der Waals surface area (Å²) in [5, 5.41) is 3.13. The van der Waals surface area contributed by atoms with Crippen LogP contribution in [0.3, 0.4) is 0 Å². The van der Waals surface area contributed by atoms with Crippen molar-refractivity contribution in [3.8, 4) is 0 Å². The standard InChI is InChI=1S/C24H25ClN2O5S/c1-32-23(22(28)21-8-5-11-33(21,30)31)19(12-15-6-3-2-4-7-15)27-24(29)20-14-16-13-17(25)9-10-18(16)26-20/h2-4,6-7,9-10,13-14,19,21,23,26H,5,8,11-12H2,1H3,(H,27,29).